The Bertz CT molecular complexity index is 668. The largest absolute Gasteiger partial charge is 0.416 e. The van der Waals surface area contributed by atoms with Crippen molar-refractivity contribution < 1.29 is 13.2 Å². The summed E-state index contributed by atoms with van der Waals surface area (Å²) < 4.78 is 40.8. The molecule has 2 rings (SSSR count). The van der Waals surface area contributed by atoms with Gasteiger partial charge in [0.25, 0.3) is 0 Å². The van der Waals surface area contributed by atoms with Crippen LogP contribution >= 0.6 is 31.9 Å². The van der Waals surface area contributed by atoms with Crippen LogP contribution in [0.5, 0.6) is 0 Å². The van der Waals surface area contributed by atoms with Crippen molar-refractivity contribution in [3.8, 4) is 0 Å². The van der Waals surface area contributed by atoms with Crippen molar-refractivity contribution in [1.29, 1.82) is 0 Å². The van der Waals surface area contributed by atoms with Gasteiger partial charge in [0, 0.05) is 8.95 Å². The van der Waals surface area contributed by atoms with E-state index >= 15 is 0 Å². The zero-order chi connectivity index (χ0) is 15.8. The fourth-order valence-corrected chi connectivity index (χ4v) is 3.16. The van der Waals surface area contributed by atoms with E-state index in [1.54, 1.807) is 12.1 Å². The number of aryl methyl sites for hydroxylation is 1. The van der Waals surface area contributed by atoms with Crippen LogP contribution < -0.4 is 5.73 Å². The van der Waals surface area contributed by atoms with Crippen molar-refractivity contribution in [2.75, 3.05) is 0 Å². The van der Waals surface area contributed by atoms with Crippen LogP contribution in [0, 0.1) is 6.92 Å². The molecule has 0 saturated carbocycles. The molecule has 1 atom stereocenters. The van der Waals surface area contributed by atoms with Gasteiger partial charge in [-0.05, 0) is 41.8 Å². The van der Waals surface area contributed by atoms with Crippen LogP contribution in [0.15, 0.2) is 45.3 Å². The fraction of sp³-hybridized carbons (Fsp3) is 0.200. The molecule has 0 aliphatic rings. The van der Waals surface area contributed by atoms with E-state index in [1.165, 1.54) is 12.1 Å². The summed E-state index contributed by atoms with van der Waals surface area (Å²) in [6, 6.07) is 8.09. The summed E-state index contributed by atoms with van der Waals surface area (Å²) in [6.07, 6.45) is -4.43. The van der Waals surface area contributed by atoms with E-state index in [0.717, 1.165) is 16.1 Å². The molecule has 2 aromatic rings. The standard InChI is InChI=1S/C15H12Br2F3N/c1-8-6-13(17)10(7-12(8)16)14(21)9-4-2-3-5-11(9)15(18,19)20/h2-7,14H,21H2,1H3. The predicted molar refractivity (Wildman–Crippen MR) is 84.1 cm³/mol. The second-order valence-electron chi connectivity index (χ2n) is 4.69. The molecular weight excluding hydrogens is 411 g/mol. The number of nitrogens with two attached hydrogens (primary N) is 1. The van der Waals surface area contributed by atoms with Crippen LogP contribution in [0.3, 0.4) is 0 Å². The first-order valence-electron chi connectivity index (χ1n) is 6.09. The molecule has 0 spiro atoms. The lowest BCUT2D eigenvalue weighted by molar-refractivity contribution is -0.138. The summed E-state index contributed by atoms with van der Waals surface area (Å²) in [4.78, 5) is 0. The van der Waals surface area contributed by atoms with E-state index in [-0.39, 0.29) is 5.56 Å². The number of alkyl halides is 3. The summed E-state index contributed by atoms with van der Waals surface area (Å²) in [5.74, 6) is 0. The van der Waals surface area contributed by atoms with Gasteiger partial charge in [-0.2, -0.15) is 13.2 Å². The van der Waals surface area contributed by atoms with Gasteiger partial charge >= 0.3 is 6.18 Å². The van der Waals surface area contributed by atoms with Gasteiger partial charge in [0.15, 0.2) is 0 Å². The van der Waals surface area contributed by atoms with E-state index in [9.17, 15) is 13.2 Å². The highest BCUT2D eigenvalue weighted by Gasteiger charge is 2.34. The second kappa shape index (κ2) is 6.10. The summed E-state index contributed by atoms with van der Waals surface area (Å²) in [7, 11) is 0. The van der Waals surface area contributed by atoms with Crippen molar-refractivity contribution in [2.24, 2.45) is 5.73 Å². The molecule has 0 bridgehead atoms. The number of halogens is 5. The predicted octanol–water partition coefficient (Wildman–Crippen LogP) is 5.59. The number of hydrogen-bond donors (Lipinski definition) is 1. The third-order valence-corrected chi connectivity index (χ3v) is 4.76. The lowest BCUT2D eigenvalue weighted by Gasteiger charge is -2.20. The smallest absolute Gasteiger partial charge is 0.320 e. The SMILES string of the molecule is Cc1cc(Br)c(C(N)c2ccccc2C(F)(F)F)cc1Br. The van der Waals surface area contributed by atoms with Crippen LogP contribution in [-0.2, 0) is 6.18 Å². The molecule has 0 aliphatic heterocycles. The first-order chi connectivity index (χ1) is 9.71. The maximum absolute atomic E-state index is 13.1. The molecule has 0 radical (unpaired) electrons. The van der Waals surface area contributed by atoms with Gasteiger partial charge in [-0.25, -0.2) is 0 Å². The van der Waals surface area contributed by atoms with Crippen LogP contribution in [-0.4, -0.2) is 0 Å². The number of rotatable bonds is 2. The Morgan fingerprint density at radius 2 is 1.62 bits per heavy atom. The molecule has 0 aliphatic carbocycles. The first-order valence-corrected chi connectivity index (χ1v) is 7.67. The average Bonchev–Trinajstić information content (AvgIpc) is 2.41. The highest BCUT2D eigenvalue weighted by molar-refractivity contribution is 9.11. The Morgan fingerprint density at radius 3 is 2.24 bits per heavy atom. The quantitative estimate of drug-likeness (QED) is 0.670. The van der Waals surface area contributed by atoms with E-state index in [4.69, 9.17) is 5.73 Å². The van der Waals surface area contributed by atoms with Crippen molar-refractivity contribution in [3.63, 3.8) is 0 Å². The van der Waals surface area contributed by atoms with E-state index in [0.29, 0.717) is 10.0 Å². The molecule has 21 heavy (non-hydrogen) atoms. The minimum absolute atomic E-state index is 0.0569. The lowest BCUT2D eigenvalue weighted by Crippen LogP contribution is -2.19. The normalized spacial score (nSPS) is 13.3. The van der Waals surface area contributed by atoms with E-state index in [2.05, 4.69) is 31.9 Å². The maximum atomic E-state index is 13.1. The molecule has 112 valence electrons. The number of benzene rings is 2. The number of hydrogen-bond acceptors (Lipinski definition) is 1. The highest BCUT2D eigenvalue weighted by atomic mass is 79.9. The molecule has 0 amide bonds. The maximum Gasteiger partial charge on any atom is 0.416 e. The zero-order valence-electron chi connectivity index (χ0n) is 11.0. The molecule has 2 N–H and O–H groups in total. The Kier molecular flexibility index (Phi) is 4.80. The van der Waals surface area contributed by atoms with E-state index < -0.39 is 17.8 Å². The van der Waals surface area contributed by atoms with Crippen molar-refractivity contribution in [1.82, 2.24) is 0 Å². The third kappa shape index (κ3) is 3.49. The molecular formula is C15H12Br2F3N. The molecule has 1 unspecified atom stereocenters. The van der Waals surface area contributed by atoms with Gasteiger partial charge in [0.1, 0.15) is 0 Å². The zero-order valence-corrected chi connectivity index (χ0v) is 14.2. The second-order valence-corrected chi connectivity index (χ2v) is 6.39. The van der Waals surface area contributed by atoms with Crippen LogP contribution in [0.1, 0.15) is 28.3 Å². The minimum Gasteiger partial charge on any atom is -0.320 e. The summed E-state index contributed by atoms with van der Waals surface area (Å²) in [5.41, 5.74) is 7.01. The van der Waals surface area contributed by atoms with Crippen LogP contribution in [0.4, 0.5) is 13.2 Å². The average molecular weight is 423 g/mol. The molecule has 0 aromatic heterocycles. The minimum atomic E-state index is -4.43. The molecule has 6 heteroatoms. The van der Waals surface area contributed by atoms with Gasteiger partial charge in [-0.3, -0.25) is 0 Å². The van der Waals surface area contributed by atoms with Gasteiger partial charge < -0.3 is 5.73 Å². The summed E-state index contributed by atoms with van der Waals surface area (Å²) in [5, 5.41) is 0. The lowest BCUT2D eigenvalue weighted by atomic mass is 9.94. The van der Waals surface area contributed by atoms with E-state index in [1.807, 2.05) is 13.0 Å². The Labute approximate surface area is 137 Å². The van der Waals surface area contributed by atoms with Crippen molar-refractivity contribution in [3.05, 3.63) is 67.6 Å². The van der Waals surface area contributed by atoms with Crippen molar-refractivity contribution >= 4 is 31.9 Å². The fourth-order valence-electron chi connectivity index (χ4n) is 2.09. The summed E-state index contributed by atoms with van der Waals surface area (Å²) in [6.45, 7) is 1.90. The molecule has 1 nitrogen and oxygen atoms in total. The van der Waals surface area contributed by atoms with Gasteiger partial charge in [0.2, 0.25) is 0 Å². The Balaban J connectivity index is 2.56. The molecule has 0 heterocycles. The molecule has 0 fully saturated rings. The highest BCUT2D eigenvalue weighted by Crippen LogP contribution is 2.38. The van der Waals surface area contributed by atoms with Crippen LogP contribution in [0.2, 0.25) is 0 Å². The van der Waals surface area contributed by atoms with Crippen molar-refractivity contribution in [2.45, 2.75) is 19.1 Å². The molecule has 2 aromatic carbocycles. The van der Waals surface area contributed by atoms with Gasteiger partial charge in [-0.1, -0.05) is 50.1 Å². The van der Waals surface area contributed by atoms with Gasteiger partial charge in [0.05, 0.1) is 11.6 Å². The van der Waals surface area contributed by atoms with Crippen LogP contribution in [0.25, 0.3) is 0 Å². The third-order valence-electron chi connectivity index (χ3n) is 3.21. The first kappa shape index (κ1) is 16.5. The molecule has 0 saturated heterocycles. The Morgan fingerprint density at radius 1 is 1.00 bits per heavy atom. The van der Waals surface area contributed by atoms with Gasteiger partial charge in [-0.15, -0.1) is 0 Å². The monoisotopic (exact) mass is 421 g/mol. The topological polar surface area (TPSA) is 26.0 Å². The Hall–Kier alpha value is -0.850. The summed E-state index contributed by atoms with van der Waals surface area (Å²) >= 11 is 6.75.